The third-order valence-electron chi connectivity index (χ3n) is 0.880. The molecule has 0 aliphatic rings. The maximum Gasteiger partial charge on any atom is 1.00 e. The van der Waals surface area contributed by atoms with Crippen LogP contribution in [0.25, 0.3) is 0 Å². The number of hydrogen-bond acceptors (Lipinski definition) is 5. The fourth-order valence-electron chi connectivity index (χ4n) is 0. The summed E-state index contributed by atoms with van der Waals surface area (Å²) in [7, 11) is 0. The van der Waals surface area contributed by atoms with Gasteiger partial charge in [-0.1, -0.05) is 20.8 Å². The van der Waals surface area contributed by atoms with Crippen LogP contribution in [0.3, 0.4) is 0 Å². The number of aliphatic carboxylic acids is 3. The number of rotatable bonds is 3. The predicted octanol–water partition coefficient (Wildman–Crippen LogP) is -7.22. The molecule has 0 amide bonds. The Hall–Kier alpha value is 0.410. The molecule has 90 valence electrons. The summed E-state index contributed by atoms with van der Waals surface area (Å²) in [5.41, 5.74) is 0. The SMILES string of the molecule is CCC(=O)O.CCC(=O)[O-].CCC(=O)[O-].[Na+].[Na+]. The van der Waals surface area contributed by atoms with E-state index < -0.39 is 17.9 Å². The molecule has 0 aromatic rings. The first kappa shape index (κ1) is 30.4. The first-order chi connectivity index (χ1) is 6.81. The fourth-order valence-corrected chi connectivity index (χ4v) is 0. The van der Waals surface area contributed by atoms with Crippen molar-refractivity contribution in [3.63, 3.8) is 0 Å². The van der Waals surface area contributed by atoms with Crippen molar-refractivity contribution in [2.75, 3.05) is 0 Å². The summed E-state index contributed by atoms with van der Waals surface area (Å²) >= 11 is 0. The zero-order chi connectivity index (χ0) is 12.9. The number of hydrogen-bond donors (Lipinski definition) is 1. The van der Waals surface area contributed by atoms with Crippen molar-refractivity contribution in [3.05, 3.63) is 0 Å². The molecule has 0 saturated heterocycles. The van der Waals surface area contributed by atoms with Crippen LogP contribution in [0, 0.1) is 0 Å². The number of carboxylic acid groups (broad SMARTS) is 3. The van der Waals surface area contributed by atoms with E-state index in [0.29, 0.717) is 0 Å². The Balaban J connectivity index is -0.0000000400. The molecule has 0 aliphatic heterocycles. The van der Waals surface area contributed by atoms with Crippen LogP contribution in [-0.4, -0.2) is 23.0 Å². The Morgan fingerprint density at radius 1 is 0.824 bits per heavy atom. The minimum atomic E-state index is -0.995. The van der Waals surface area contributed by atoms with Crippen molar-refractivity contribution in [1.29, 1.82) is 0 Å². The van der Waals surface area contributed by atoms with Gasteiger partial charge in [-0.2, -0.15) is 0 Å². The average Bonchev–Trinajstić information content (AvgIpc) is 2.19. The van der Waals surface area contributed by atoms with Crippen LogP contribution in [0.4, 0.5) is 0 Å². The van der Waals surface area contributed by atoms with Crippen molar-refractivity contribution >= 4 is 17.9 Å². The Morgan fingerprint density at radius 2 is 0.941 bits per heavy atom. The van der Waals surface area contributed by atoms with Crippen molar-refractivity contribution in [1.82, 2.24) is 0 Å². The van der Waals surface area contributed by atoms with E-state index in [9.17, 15) is 24.6 Å². The van der Waals surface area contributed by atoms with Gasteiger partial charge in [0.25, 0.3) is 0 Å². The van der Waals surface area contributed by atoms with Crippen molar-refractivity contribution < 1.29 is 88.8 Å². The molecule has 0 aromatic heterocycles. The standard InChI is InChI=1S/3C3H6O2.2Na/c3*1-2-3(4)5;;/h3*2H2,1H3,(H,4,5);;/q;;;2*+1/p-2. The molecule has 6 nitrogen and oxygen atoms in total. The molecule has 0 radical (unpaired) electrons. The minimum absolute atomic E-state index is 0. The molecule has 0 aliphatic carbocycles. The van der Waals surface area contributed by atoms with Crippen molar-refractivity contribution in [3.8, 4) is 0 Å². The van der Waals surface area contributed by atoms with Crippen molar-refractivity contribution in [2.24, 2.45) is 0 Å². The van der Waals surface area contributed by atoms with E-state index >= 15 is 0 Å². The van der Waals surface area contributed by atoms with E-state index in [1.54, 1.807) is 6.92 Å². The van der Waals surface area contributed by atoms with E-state index in [-0.39, 0.29) is 78.4 Å². The molecule has 0 bridgehead atoms. The molecule has 17 heavy (non-hydrogen) atoms. The predicted molar refractivity (Wildman–Crippen MR) is 48.5 cm³/mol. The molecule has 0 fully saturated rings. The van der Waals surface area contributed by atoms with Crippen LogP contribution >= 0.6 is 0 Å². The maximum atomic E-state index is 9.37. The zero-order valence-corrected chi connectivity index (χ0v) is 15.1. The molecule has 0 unspecified atom stereocenters. The van der Waals surface area contributed by atoms with Gasteiger partial charge in [-0.15, -0.1) is 0 Å². The van der Waals surface area contributed by atoms with Crippen LogP contribution in [0.5, 0.6) is 0 Å². The van der Waals surface area contributed by atoms with Crippen LogP contribution in [-0.2, 0) is 14.4 Å². The smallest absolute Gasteiger partial charge is 0.550 e. The summed E-state index contributed by atoms with van der Waals surface area (Å²) in [6, 6.07) is 0. The Bertz CT molecular complexity index is 163. The fraction of sp³-hybridized carbons (Fsp3) is 0.667. The van der Waals surface area contributed by atoms with E-state index in [1.165, 1.54) is 13.8 Å². The van der Waals surface area contributed by atoms with Crippen LogP contribution in [0.1, 0.15) is 40.0 Å². The summed E-state index contributed by atoms with van der Waals surface area (Å²) in [6.07, 6.45) is 0.444. The molecule has 0 atom stereocenters. The molecule has 0 aromatic carbocycles. The topological polar surface area (TPSA) is 118 Å². The van der Waals surface area contributed by atoms with E-state index in [0.717, 1.165) is 0 Å². The summed E-state index contributed by atoms with van der Waals surface area (Å²) < 4.78 is 0. The quantitative estimate of drug-likeness (QED) is 0.507. The van der Waals surface area contributed by atoms with E-state index in [4.69, 9.17) is 5.11 Å². The Morgan fingerprint density at radius 3 is 0.941 bits per heavy atom. The molecule has 0 rings (SSSR count). The molecule has 8 heteroatoms. The van der Waals surface area contributed by atoms with E-state index in [2.05, 4.69) is 0 Å². The van der Waals surface area contributed by atoms with Gasteiger partial charge in [0.05, 0.1) is 0 Å². The molecular formula is C9H16Na2O6. The van der Waals surface area contributed by atoms with Gasteiger partial charge < -0.3 is 24.9 Å². The van der Waals surface area contributed by atoms with Gasteiger partial charge in [0, 0.05) is 18.4 Å². The summed E-state index contributed by atoms with van der Waals surface area (Å²) in [5, 5.41) is 26.2. The molecule has 1 N–H and O–H groups in total. The third-order valence-corrected chi connectivity index (χ3v) is 0.880. The van der Waals surface area contributed by atoms with Gasteiger partial charge >= 0.3 is 65.1 Å². The second-order valence-corrected chi connectivity index (χ2v) is 2.20. The Kier molecular flexibility index (Phi) is 45.3. The summed E-state index contributed by atoms with van der Waals surface area (Å²) in [6.45, 7) is 4.67. The second kappa shape index (κ2) is 25.3. The molecule has 0 heterocycles. The molecule has 0 saturated carbocycles. The maximum absolute atomic E-state index is 9.37. The monoisotopic (exact) mass is 266 g/mol. The van der Waals surface area contributed by atoms with Gasteiger partial charge in [-0.25, -0.2) is 0 Å². The van der Waals surface area contributed by atoms with Crippen LogP contribution < -0.4 is 69.3 Å². The zero-order valence-electron chi connectivity index (χ0n) is 11.1. The summed E-state index contributed by atoms with van der Waals surface area (Å²) in [4.78, 5) is 27.9. The minimum Gasteiger partial charge on any atom is -0.550 e. The van der Waals surface area contributed by atoms with Gasteiger partial charge in [0.2, 0.25) is 0 Å². The van der Waals surface area contributed by atoms with Crippen LogP contribution in [0.15, 0.2) is 0 Å². The number of carbonyl (C=O) groups excluding carboxylic acids is 2. The van der Waals surface area contributed by atoms with Gasteiger partial charge in [0.15, 0.2) is 0 Å². The second-order valence-electron chi connectivity index (χ2n) is 2.20. The molecule has 0 spiro atoms. The number of carboxylic acids is 3. The largest absolute Gasteiger partial charge is 1.00 e. The third kappa shape index (κ3) is 82.9. The van der Waals surface area contributed by atoms with Crippen LogP contribution in [0.2, 0.25) is 0 Å². The van der Waals surface area contributed by atoms with Gasteiger partial charge in [-0.3, -0.25) is 4.79 Å². The molecular weight excluding hydrogens is 250 g/mol. The van der Waals surface area contributed by atoms with E-state index in [1.807, 2.05) is 0 Å². The first-order valence-corrected chi connectivity index (χ1v) is 4.43. The average molecular weight is 266 g/mol. The van der Waals surface area contributed by atoms with Crippen molar-refractivity contribution in [2.45, 2.75) is 40.0 Å². The normalized spacial score (nSPS) is 6.53. The first-order valence-electron chi connectivity index (χ1n) is 4.43. The van der Waals surface area contributed by atoms with Gasteiger partial charge in [-0.05, 0) is 12.8 Å². The Labute approximate surface area is 145 Å². The number of carbonyl (C=O) groups is 3. The van der Waals surface area contributed by atoms with Gasteiger partial charge in [0.1, 0.15) is 0 Å². The summed E-state index contributed by atoms with van der Waals surface area (Å²) in [5.74, 6) is -2.74.